The second kappa shape index (κ2) is 8.39. The van der Waals surface area contributed by atoms with E-state index >= 15 is 0 Å². The van der Waals surface area contributed by atoms with Crippen LogP contribution in [0.15, 0.2) is 12.2 Å². The van der Waals surface area contributed by atoms with E-state index in [0.717, 1.165) is 19.3 Å². The maximum absolute atomic E-state index is 11.9. The summed E-state index contributed by atoms with van der Waals surface area (Å²) in [5.74, 6) is -0.197. The van der Waals surface area contributed by atoms with Gasteiger partial charge in [-0.3, -0.25) is 0 Å². The minimum Gasteiger partial charge on any atom is -0.456 e. The molecule has 2 heteroatoms. The van der Waals surface area contributed by atoms with Crippen LogP contribution in [-0.4, -0.2) is 11.6 Å². The second-order valence-corrected chi connectivity index (χ2v) is 6.08. The van der Waals surface area contributed by atoms with Crippen molar-refractivity contribution in [2.24, 2.45) is 0 Å². The summed E-state index contributed by atoms with van der Waals surface area (Å²) < 4.78 is 5.86. The Bertz CT molecular complexity index is 286. The van der Waals surface area contributed by atoms with Gasteiger partial charge in [0.2, 0.25) is 0 Å². The van der Waals surface area contributed by atoms with Gasteiger partial charge in [-0.1, -0.05) is 45.6 Å². The maximum atomic E-state index is 11.9. The smallest absolute Gasteiger partial charge is 0.333 e. The van der Waals surface area contributed by atoms with Crippen molar-refractivity contribution in [1.82, 2.24) is 0 Å². The molecule has 19 heavy (non-hydrogen) atoms. The number of hydrogen-bond donors (Lipinski definition) is 0. The van der Waals surface area contributed by atoms with Crippen LogP contribution in [-0.2, 0) is 9.53 Å². The highest BCUT2D eigenvalue weighted by molar-refractivity contribution is 5.87. The summed E-state index contributed by atoms with van der Waals surface area (Å²) in [6, 6.07) is 0. The highest BCUT2D eigenvalue weighted by Crippen LogP contribution is 2.35. The molecular formula is C17H30O2. The van der Waals surface area contributed by atoms with Gasteiger partial charge in [0.25, 0.3) is 0 Å². The van der Waals surface area contributed by atoms with E-state index in [4.69, 9.17) is 4.74 Å². The first-order valence-electron chi connectivity index (χ1n) is 7.98. The minimum atomic E-state index is -0.197. The largest absolute Gasteiger partial charge is 0.456 e. The fourth-order valence-corrected chi connectivity index (χ4v) is 2.93. The molecule has 0 spiro atoms. The molecule has 0 unspecified atom stereocenters. The molecule has 0 radical (unpaired) electrons. The molecule has 0 aliphatic heterocycles. The van der Waals surface area contributed by atoms with E-state index in [1.807, 2.05) is 0 Å². The predicted octanol–water partition coefficient (Wildman–Crippen LogP) is 5.17. The van der Waals surface area contributed by atoms with E-state index in [0.29, 0.717) is 5.57 Å². The lowest BCUT2D eigenvalue weighted by molar-refractivity contribution is -0.157. The third-order valence-corrected chi connectivity index (χ3v) is 4.16. The number of ether oxygens (including phenoxy) is 1. The molecule has 0 aromatic carbocycles. The lowest BCUT2D eigenvalue weighted by Gasteiger charge is -2.33. The normalized spacial score (nSPS) is 18.6. The molecule has 2 nitrogen and oxygen atoms in total. The molecule has 1 rings (SSSR count). The van der Waals surface area contributed by atoms with Gasteiger partial charge < -0.3 is 4.74 Å². The Labute approximate surface area is 118 Å². The van der Waals surface area contributed by atoms with Crippen LogP contribution in [0.5, 0.6) is 0 Å². The molecule has 0 heterocycles. The van der Waals surface area contributed by atoms with Crippen molar-refractivity contribution < 1.29 is 9.53 Å². The lowest BCUT2D eigenvalue weighted by Crippen LogP contribution is -2.35. The van der Waals surface area contributed by atoms with E-state index in [-0.39, 0.29) is 11.6 Å². The monoisotopic (exact) mass is 266 g/mol. The van der Waals surface area contributed by atoms with Crippen LogP contribution in [0.2, 0.25) is 0 Å². The number of carbonyl (C=O) groups is 1. The molecule has 0 N–H and O–H groups in total. The molecule has 110 valence electrons. The van der Waals surface area contributed by atoms with Crippen LogP contribution >= 0.6 is 0 Å². The van der Waals surface area contributed by atoms with Gasteiger partial charge in [0, 0.05) is 5.57 Å². The van der Waals surface area contributed by atoms with Gasteiger partial charge in [-0.25, -0.2) is 4.79 Å². The van der Waals surface area contributed by atoms with Crippen molar-refractivity contribution in [2.45, 2.75) is 90.1 Å². The summed E-state index contributed by atoms with van der Waals surface area (Å²) in [6.45, 7) is 7.67. The molecule has 1 aliphatic carbocycles. The summed E-state index contributed by atoms with van der Waals surface area (Å²) in [5, 5.41) is 0. The Hall–Kier alpha value is -0.790. The van der Waals surface area contributed by atoms with E-state index in [2.05, 4.69) is 13.5 Å². The number of rotatable bonds is 7. The van der Waals surface area contributed by atoms with Gasteiger partial charge in [0.05, 0.1) is 0 Å². The summed E-state index contributed by atoms with van der Waals surface area (Å²) in [5.41, 5.74) is 0.331. The number of esters is 1. The van der Waals surface area contributed by atoms with E-state index < -0.39 is 0 Å². The first-order valence-corrected chi connectivity index (χ1v) is 7.98. The SMILES string of the molecule is C=C(C)C(=O)OC1(CCCCCC)CCCCCC1. The molecule has 0 bridgehead atoms. The molecule has 1 fully saturated rings. The molecule has 1 aliphatic rings. The Kier molecular flexibility index (Phi) is 7.19. The lowest BCUT2D eigenvalue weighted by atomic mass is 9.88. The molecule has 0 atom stereocenters. The highest BCUT2D eigenvalue weighted by Gasteiger charge is 2.34. The summed E-state index contributed by atoms with van der Waals surface area (Å²) >= 11 is 0. The van der Waals surface area contributed by atoms with Gasteiger partial charge in [-0.05, 0) is 45.4 Å². The minimum absolute atomic E-state index is 0.194. The first-order chi connectivity index (χ1) is 9.09. The Morgan fingerprint density at radius 2 is 1.74 bits per heavy atom. The third-order valence-electron chi connectivity index (χ3n) is 4.16. The van der Waals surface area contributed by atoms with Crippen molar-refractivity contribution >= 4 is 5.97 Å². The molecule has 0 aromatic rings. The van der Waals surface area contributed by atoms with Gasteiger partial charge in [-0.15, -0.1) is 0 Å². The summed E-state index contributed by atoms with van der Waals surface area (Å²) in [7, 11) is 0. The van der Waals surface area contributed by atoms with Gasteiger partial charge >= 0.3 is 5.97 Å². The van der Waals surface area contributed by atoms with Crippen LogP contribution in [0.4, 0.5) is 0 Å². The van der Waals surface area contributed by atoms with Gasteiger partial charge in [0.1, 0.15) is 5.60 Å². The van der Waals surface area contributed by atoms with E-state index in [1.165, 1.54) is 51.4 Å². The van der Waals surface area contributed by atoms with Crippen molar-refractivity contribution in [1.29, 1.82) is 0 Å². The maximum Gasteiger partial charge on any atom is 0.333 e. The summed E-state index contributed by atoms with van der Waals surface area (Å²) in [4.78, 5) is 11.9. The Balaban J connectivity index is 2.59. The van der Waals surface area contributed by atoms with Crippen LogP contribution in [0.1, 0.15) is 84.5 Å². The van der Waals surface area contributed by atoms with E-state index in [9.17, 15) is 4.79 Å². The zero-order valence-electron chi connectivity index (χ0n) is 12.8. The number of hydrogen-bond acceptors (Lipinski definition) is 2. The Morgan fingerprint density at radius 3 is 2.26 bits per heavy atom. The fourth-order valence-electron chi connectivity index (χ4n) is 2.93. The second-order valence-electron chi connectivity index (χ2n) is 6.08. The highest BCUT2D eigenvalue weighted by atomic mass is 16.6. The van der Waals surface area contributed by atoms with Crippen LogP contribution in [0.25, 0.3) is 0 Å². The molecule has 0 saturated heterocycles. The van der Waals surface area contributed by atoms with Crippen LogP contribution in [0, 0.1) is 0 Å². The van der Waals surface area contributed by atoms with Crippen molar-refractivity contribution in [3.05, 3.63) is 12.2 Å². The van der Waals surface area contributed by atoms with Crippen molar-refractivity contribution in [3.8, 4) is 0 Å². The standard InChI is InChI=1S/C17H30O2/c1-4-5-6-9-12-17(19-16(18)15(2)3)13-10-7-8-11-14-17/h2,4-14H2,1,3H3. The molecule has 0 amide bonds. The average molecular weight is 266 g/mol. The Morgan fingerprint density at radius 1 is 1.11 bits per heavy atom. The van der Waals surface area contributed by atoms with Gasteiger partial charge in [0.15, 0.2) is 0 Å². The molecule has 0 aromatic heterocycles. The van der Waals surface area contributed by atoms with E-state index in [1.54, 1.807) is 6.92 Å². The predicted molar refractivity (Wildman–Crippen MR) is 80.1 cm³/mol. The zero-order chi connectivity index (χ0) is 14.1. The third kappa shape index (κ3) is 5.80. The van der Waals surface area contributed by atoms with Gasteiger partial charge in [-0.2, -0.15) is 0 Å². The van der Waals surface area contributed by atoms with Crippen molar-refractivity contribution in [3.63, 3.8) is 0 Å². The zero-order valence-corrected chi connectivity index (χ0v) is 12.8. The van der Waals surface area contributed by atoms with Crippen LogP contribution < -0.4 is 0 Å². The number of carbonyl (C=O) groups excluding carboxylic acids is 1. The van der Waals surface area contributed by atoms with Crippen LogP contribution in [0.3, 0.4) is 0 Å². The van der Waals surface area contributed by atoms with Crippen molar-refractivity contribution in [2.75, 3.05) is 0 Å². The quantitative estimate of drug-likeness (QED) is 0.275. The average Bonchev–Trinajstić information content (AvgIpc) is 2.61. The summed E-state index contributed by atoms with van der Waals surface area (Å²) in [6.07, 6.45) is 13.0. The molecule has 1 saturated carbocycles. The molecular weight excluding hydrogens is 236 g/mol. The topological polar surface area (TPSA) is 26.3 Å². The fraction of sp³-hybridized carbons (Fsp3) is 0.824. The first kappa shape index (κ1) is 16.3. The number of unbranched alkanes of at least 4 members (excludes halogenated alkanes) is 3.